The fraction of sp³-hybridized carbons (Fsp3) is 0.682. The normalized spacial score (nSPS) is 20.4. The molecule has 2 saturated heterocycles. The number of aliphatic imine (C=N–C) groups is 1. The molecule has 0 radical (unpaired) electrons. The Kier molecular flexibility index (Phi) is 8.02. The van der Waals surface area contributed by atoms with Gasteiger partial charge in [-0.3, -0.25) is 14.7 Å². The van der Waals surface area contributed by atoms with E-state index < -0.39 is 15.9 Å². The average Bonchev–Trinajstić information content (AvgIpc) is 3.59. The van der Waals surface area contributed by atoms with Crippen molar-refractivity contribution in [2.75, 3.05) is 56.5 Å². The van der Waals surface area contributed by atoms with E-state index in [1.54, 1.807) is 4.90 Å². The lowest BCUT2D eigenvalue weighted by atomic mass is 9.98. The van der Waals surface area contributed by atoms with Crippen LogP contribution in [0, 0.1) is 5.92 Å². The molecule has 0 unspecified atom stereocenters. The van der Waals surface area contributed by atoms with Crippen LogP contribution in [0.2, 0.25) is 0 Å². The van der Waals surface area contributed by atoms with Crippen LogP contribution in [0.5, 0.6) is 5.88 Å². The number of aromatic nitrogens is 2. The lowest BCUT2D eigenvalue weighted by Gasteiger charge is -2.32. The van der Waals surface area contributed by atoms with Crippen molar-refractivity contribution in [1.82, 2.24) is 19.2 Å². The van der Waals surface area contributed by atoms with Crippen LogP contribution in [-0.4, -0.2) is 103 Å². The molecule has 3 heterocycles. The van der Waals surface area contributed by atoms with Crippen molar-refractivity contribution < 1.29 is 27.5 Å². The summed E-state index contributed by atoms with van der Waals surface area (Å²) in [6, 6.07) is 0. The lowest BCUT2D eigenvalue weighted by molar-refractivity contribution is -0.120. The van der Waals surface area contributed by atoms with Gasteiger partial charge in [0.2, 0.25) is 21.8 Å². The molecule has 1 aromatic heterocycles. The Labute approximate surface area is 216 Å². The first-order valence-corrected chi connectivity index (χ1v) is 13.9. The van der Waals surface area contributed by atoms with Crippen molar-refractivity contribution in [2.45, 2.75) is 38.2 Å². The summed E-state index contributed by atoms with van der Waals surface area (Å²) in [5.41, 5.74) is 10.2. The molecule has 37 heavy (non-hydrogen) atoms. The van der Waals surface area contributed by atoms with Crippen LogP contribution < -0.4 is 21.1 Å². The summed E-state index contributed by atoms with van der Waals surface area (Å²) >= 11 is 0. The number of piperazine rings is 1. The van der Waals surface area contributed by atoms with Crippen LogP contribution in [0.4, 0.5) is 10.6 Å². The number of nitrogens with two attached hydrogens (primary N) is 2. The number of ether oxygens (including phenoxy) is 2. The Morgan fingerprint density at radius 3 is 2.49 bits per heavy atom. The third kappa shape index (κ3) is 7.19. The molecule has 3 aliphatic rings. The van der Waals surface area contributed by atoms with Gasteiger partial charge in [0, 0.05) is 26.2 Å². The molecule has 4 N–H and O–H groups in total. The van der Waals surface area contributed by atoms with Crippen molar-refractivity contribution >= 4 is 33.8 Å². The summed E-state index contributed by atoms with van der Waals surface area (Å²) < 4.78 is 37.3. The van der Waals surface area contributed by atoms with Crippen LogP contribution in [0.1, 0.15) is 32.6 Å². The number of amides is 2. The number of carbonyl (C=O) groups is 2. The topological polar surface area (TPSA) is 187 Å². The number of sulfonamides is 1. The fourth-order valence-corrected chi connectivity index (χ4v) is 5.36. The maximum atomic E-state index is 12.6. The first-order chi connectivity index (χ1) is 17.5. The third-order valence-electron chi connectivity index (χ3n) is 6.74. The molecule has 4 rings (SSSR count). The highest BCUT2D eigenvalue weighted by molar-refractivity contribution is 7.89. The number of rotatable bonds is 9. The minimum absolute atomic E-state index is 0.0723. The standard InChI is InChI=1S/C22H34N8O6S/c1-22(4-5-22)36-21(32)28-7-2-16(3-8-28)15-35-18-13-26-17(12-27-18)30-10-9-29(14-19(30)31)37(33,34)11-6-25-20(23)24/h12-13,16H,2-11,14-15H2,1H3,(H4,23,24,25). The highest BCUT2D eigenvalue weighted by atomic mass is 32.2. The summed E-state index contributed by atoms with van der Waals surface area (Å²) in [7, 11) is -3.67. The van der Waals surface area contributed by atoms with Gasteiger partial charge in [-0.05, 0) is 38.5 Å². The Bertz CT molecular complexity index is 1110. The summed E-state index contributed by atoms with van der Waals surface area (Å²) in [5.74, 6) is 0.0673. The molecule has 2 amide bonds. The molecular weight excluding hydrogens is 504 g/mol. The number of hydrogen-bond donors (Lipinski definition) is 2. The Balaban J connectivity index is 1.21. The molecule has 3 fully saturated rings. The molecule has 0 bridgehead atoms. The van der Waals surface area contributed by atoms with E-state index in [0.29, 0.717) is 31.4 Å². The molecule has 1 aromatic rings. The maximum absolute atomic E-state index is 12.6. The van der Waals surface area contributed by atoms with Crippen molar-refractivity contribution in [2.24, 2.45) is 22.4 Å². The average molecular weight is 539 g/mol. The van der Waals surface area contributed by atoms with E-state index in [-0.39, 0.29) is 55.5 Å². The zero-order chi connectivity index (χ0) is 26.6. The number of guanidine groups is 1. The van der Waals surface area contributed by atoms with E-state index in [1.165, 1.54) is 17.3 Å². The van der Waals surface area contributed by atoms with Crippen LogP contribution in [-0.2, 0) is 19.6 Å². The quantitative estimate of drug-likeness (QED) is 0.307. The minimum Gasteiger partial charge on any atom is -0.476 e. The van der Waals surface area contributed by atoms with Crippen LogP contribution in [0.15, 0.2) is 17.4 Å². The highest BCUT2D eigenvalue weighted by Gasteiger charge is 2.43. The fourth-order valence-electron chi connectivity index (χ4n) is 4.11. The van der Waals surface area contributed by atoms with E-state index in [4.69, 9.17) is 20.9 Å². The molecule has 15 heteroatoms. The summed E-state index contributed by atoms with van der Waals surface area (Å²) in [6.45, 7) is 3.57. The van der Waals surface area contributed by atoms with Gasteiger partial charge in [-0.2, -0.15) is 4.31 Å². The van der Waals surface area contributed by atoms with E-state index in [0.717, 1.165) is 30.0 Å². The second kappa shape index (κ2) is 11.0. The highest BCUT2D eigenvalue weighted by Crippen LogP contribution is 2.39. The van der Waals surface area contributed by atoms with Gasteiger partial charge >= 0.3 is 6.09 Å². The van der Waals surface area contributed by atoms with Gasteiger partial charge in [0.25, 0.3) is 0 Å². The van der Waals surface area contributed by atoms with E-state index in [1.807, 2.05) is 6.92 Å². The second-order valence-corrected chi connectivity index (χ2v) is 11.9. The van der Waals surface area contributed by atoms with Gasteiger partial charge in [0.05, 0.1) is 37.8 Å². The van der Waals surface area contributed by atoms with Crippen molar-refractivity contribution in [3.8, 4) is 5.88 Å². The van der Waals surface area contributed by atoms with E-state index in [2.05, 4.69) is 15.0 Å². The Morgan fingerprint density at radius 2 is 1.89 bits per heavy atom. The summed E-state index contributed by atoms with van der Waals surface area (Å²) in [6.07, 6.45) is 6.13. The SMILES string of the molecule is CC1(OC(=O)N2CCC(COc3cnc(N4CCN(S(=O)(=O)CCN=C(N)N)CC4=O)cn3)CC2)CC1. The molecule has 0 aromatic carbocycles. The zero-order valence-corrected chi connectivity index (χ0v) is 21.7. The lowest BCUT2D eigenvalue weighted by Crippen LogP contribution is -2.53. The van der Waals surface area contributed by atoms with Gasteiger partial charge in [-0.1, -0.05) is 0 Å². The van der Waals surface area contributed by atoms with E-state index in [9.17, 15) is 18.0 Å². The van der Waals surface area contributed by atoms with E-state index >= 15 is 0 Å². The molecule has 0 spiro atoms. The number of anilines is 1. The van der Waals surface area contributed by atoms with Crippen LogP contribution >= 0.6 is 0 Å². The van der Waals surface area contributed by atoms with Gasteiger partial charge in [-0.15, -0.1) is 0 Å². The largest absolute Gasteiger partial charge is 0.476 e. The molecule has 204 valence electrons. The number of carbonyl (C=O) groups excluding carboxylic acids is 2. The van der Waals surface area contributed by atoms with Gasteiger partial charge in [0.15, 0.2) is 11.8 Å². The van der Waals surface area contributed by atoms with Crippen LogP contribution in [0.25, 0.3) is 0 Å². The molecular formula is C22H34N8O6S. The number of hydrogen-bond acceptors (Lipinski definition) is 9. The zero-order valence-electron chi connectivity index (χ0n) is 20.9. The number of likely N-dealkylation sites (tertiary alicyclic amines) is 1. The predicted octanol–water partition coefficient (Wildman–Crippen LogP) is -0.492. The first-order valence-electron chi connectivity index (χ1n) is 12.3. The third-order valence-corrected chi connectivity index (χ3v) is 8.54. The van der Waals surface area contributed by atoms with Crippen molar-refractivity contribution in [1.29, 1.82) is 0 Å². The molecule has 2 aliphatic heterocycles. The Morgan fingerprint density at radius 1 is 1.16 bits per heavy atom. The van der Waals surface area contributed by atoms with Gasteiger partial charge < -0.3 is 25.8 Å². The van der Waals surface area contributed by atoms with Crippen LogP contribution in [0.3, 0.4) is 0 Å². The molecule has 1 saturated carbocycles. The van der Waals surface area contributed by atoms with Gasteiger partial charge in [0.1, 0.15) is 5.60 Å². The molecule has 1 aliphatic carbocycles. The maximum Gasteiger partial charge on any atom is 0.410 e. The Hall–Kier alpha value is -3.20. The molecule has 0 atom stereocenters. The predicted molar refractivity (Wildman–Crippen MR) is 134 cm³/mol. The first kappa shape index (κ1) is 26.9. The smallest absolute Gasteiger partial charge is 0.410 e. The summed E-state index contributed by atoms with van der Waals surface area (Å²) in [5, 5.41) is 0. The number of piperidine rings is 1. The molecule has 14 nitrogen and oxygen atoms in total. The van der Waals surface area contributed by atoms with Gasteiger partial charge in [-0.25, -0.2) is 23.2 Å². The van der Waals surface area contributed by atoms with Crippen molar-refractivity contribution in [3.63, 3.8) is 0 Å². The second-order valence-electron chi connectivity index (χ2n) is 9.77. The van der Waals surface area contributed by atoms with Crippen molar-refractivity contribution in [3.05, 3.63) is 12.4 Å². The minimum atomic E-state index is -3.67. The monoisotopic (exact) mass is 538 g/mol. The number of nitrogens with zero attached hydrogens (tertiary/aromatic N) is 6. The summed E-state index contributed by atoms with van der Waals surface area (Å²) in [4.78, 5) is 40.2.